The van der Waals surface area contributed by atoms with E-state index in [2.05, 4.69) is 6.92 Å². The van der Waals surface area contributed by atoms with Crippen molar-refractivity contribution in [2.24, 2.45) is 0 Å². The minimum Gasteiger partial charge on any atom is -0.496 e. The molecule has 4 heteroatoms. The average molecular weight is 247 g/mol. The molecule has 0 atom stereocenters. The summed E-state index contributed by atoms with van der Waals surface area (Å²) in [5, 5.41) is 9.96. The van der Waals surface area contributed by atoms with E-state index in [1.54, 1.807) is 19.4 Å². The van der Waals surface area contributed by atoms with Crippen LogP contribution in [0.1, 0.15) is 30.1 Å². The standard InChI is InChI=1S/C14H17NO3/c1-3-4-8-15-9-10(14(16)17)13-11(15)6-5-7-12(13)18-2/h5-7,9H,3-4,8H2,1-2H3,(H,16,17). The molecular weight excluding hydrogens is 230 g/mol. The number of aromatic carboxylic acids is 1. The quantitative estimate of drug-likeness (QED) is 0.883. The van der Waals surface area contributed by atoms with Gasteiger partial charge in [-0.25, -0.2) is 4.79 Å². The van der Waals surface area contributed by atoms with Crippen LogP contribution in [0.15, 0.2) is 24.4 Å². The Morgan fingerprint density at radius 3 is 2.83 bits per heavy atom. The van der Waals surface area contributed by atoms with Crippen molar-refractivity contribution >= 4 is 16.9 Å². The van der Waals surface area contributed by atoms with Crippen molar-refractivity contribution in [2.75, 3.05) is 7.11 Å². The van der Waals surface area contributed by atoms with E-state index in [-0.39, 0.29) is 0 Å². The average Bonchev–Trinajstić information content (AvgIpc) is 2.75. The Morgan fingerprint density at radius 2 is 2.22 bits per heavy atom. The Hall–Kier alpha value is -1.97. The number of ether oxygens (including phenoxy) is 1. The van der Waals surface area contributed by atoms with Crippen LogP contribution in [0.2, 0.25) is 0 Å². The summed E-state index contributed by atoms with van der Waals surface area (Å²) in [7, 11) is 1.56. The molecule has 0 spiro atoms. The first-order valence-corrected chi connectivity index (χ1v) is 6.08. The molecule has 0 bridgehead atoms. The number of rotatable bonds is 5. The fourth-order valence-corrected chi connectivity index (χ4v) is 2.17. The van der Waals surface area contributed by atoms with Gasteiger partial charge in [0.1, 0.15) is 5.75 Å². The Morgan fingerprint density at radius 1 is 1.44 bits per heavy atom. The van der Waals surface area contributed by atoms with Crippen LogP contribution in [0.3, 0.4) is 0 Å². The van der Waals surface area contributed by atoms with Gasteiger partial charge in [0, 0.05) is 12.7 Å². The number of unbranched alkanes of at least 4 members (excludes halogenated alkanes) is 1. The highest BCUT2D eigenvalue weighted by Crippen LogP contribution is 2.30. The van der Waals surface area contributed by atoms with Crippen molar-refractivity contribution in [3.05, 3.63) is 30.0 Å². The zero-order valence-corrected chi connectivity index (χ0v) is 10.6. The summed E-state index contributed by atoms with van der Waals surface area (Å²) < 4.78 is 7.25. The molecule has 0 fully saturated rings. The van der Waals surface area contributed by atoms with Crippen molar-refractivity contribution in [2.45, 2.75) is 26.3 Å². The monoisotopic (exact) mass is 247 g/mol. The van der Waals surface area contributed by atoms with Crippen LogP contribution in [0.5, 0.6) is 5.75 Å². The summed E-state index contributed by atoms with van der Waals surface area (Å²) >= 11 is 0. The Labute approximate surface area is 106 Å². The molecule has 0 amide bonds. The number of aromatic nitrogens is 1. The fraction of sp³-hybridized carbons (Fsp3) is 0.357. The van der Waals surface area contributed by atoms with Gasteiger partial charge in [0.25, 0.3) is 0 Å². The number of carboxylic acid groups (broad SMARTS) is 1. The maximum Gasteiger partial charge on any atom is 0.338 e. The van der Waals surface area contributed by atoms with Crippen LogP contribution in [-0.4, -0.2) is 22.8 Å². The second-order valence-electron chi connectivity index (χ2n) is 4.25. The van der Waals surface area contributed by atoms with E-state index < -0.39 is 5.97 Å². The van der Waals surface area contributed by atoms with E-state index in [0.29, 0.717) is 16.7 Å². The van der Waals surface area contributed by atoms with Gasteiger partial charge in [-0.3, -0.25) is 0 Å². The maximum atomic E-state index is 11.3. The molecule has 18 heavy (non-hydrogen) atoms. The summed E-state index contributed by atoms with van der Waals surface area (Å²) in [4.78, 5) is 11.3. The molecule has 2 rings (SSSR count). The minimum absolute atomic E-state index is 0.304. The highest BCUT2D eigenvalue weighted by Gasteiger charge is 2.17. The lowest BCUT2D eigenvalue weighted by molar-refractivity contribution is 0.0698. The first-order valence-electron chi connectivity index (χ1n) is 6.08. The van der Waals surface area contributed by atoms with E-state index in [0.717, 1.165) is 24.9 Å². The van der Waals surface area contributed by atoms with Gasteiger partial charge < -0.3 is 14.4 Å². The van der Waals surface area contributed by atoms with E-state index in [4.69, 9.17) is 4.74 Å². The van der Waals surface area contributed by atoms with E-state index in [1.165, 1.54) is 0 Å². The van der Waals surface area contributed by atoms with Gasteiger partial charge in [-0.05, 0) is 18.6 Å². The molecule has 0 unspecified atom stereocenters. The van der Waals surface area contributed by atoms with Crippen molar-refractivity contribution < 1.29 is 14.6 Å². The van der Waals surface area contributed by atoms with E-state index in [9.17, 15) is 9.90 Å². The number of hydrogen-bond acceptors (Lipinski definition) is 2. The molecule has 0 aliphatic carbocycles. The summed E-state index contributed by atoms with van der Waals surface area (Å²) in [5.74, 6) is -0.306. The van der Waals surface area contributed by atoms with Gasteiger partial charge in [-0.1, -0.05) is 19.4 Å². The summed E-state index contributed by atoms with van der Waals surface area (Å²) in [6, 6.07) is 5.61. The van der Waals surface area contributed by atoms with Gasteiger partial charge in [0.05, 0.1) is 23.6 Å². The first kappa shape index (κ1) is 12.5. The number of hydrogen-bond donors (Lipinski definition) is 1. The Balaban J connectivity index is 2.64. The van der Waals surface area contributed by atoms with Gasteiger partial charge in [-0.2, -0.15) is 0 Å². The zero-order chi connectivity index (χ0) is 13.1. The smallest absolute Gasteiger partial charge is 0.338 e. The lowest BCUT2D eigenvalue weighted by Crippen LogP contribution is -1.96. The normalized spacial score (nSPS) is 10.8. The molecule has 1 aromatic heterocycles. The molecule has 1 heterocycles. The molecule has 0 aliphatic heterocycles. The predicted molar refractivity (Wildman–Crippen MR) is 70.4 cm³/mol. The number of benzene rings is 1. The van der Waals surface area contributed by atoms with Gasteiger partial charge in [-0.15, -0.1) is 0 Å². The number of carboxylic acids is 1. The van der Waals surface area contributed by atoms with Crippen LogP contribution >= 0.6 is 0 Å². The van der Waals surface area contributed by atoms with Crippen molar-refractivity contribution in [1.82, 2.24) is 4.57 Å². The molecule has 0 radical (unpaired) electrons. The van der Waals surface area contributed by atoms with Crippen molar-refractivity contribution in [1.29, 1.82) is 0 Å². The predicted octanol–water partition coefficient (Wildman–Crippen LogP) is 3.15. The van der Waals surface area contributed by atoms with Crippen LogP contribution in [0, 0.1) is 0 Å². The van der Waals surface area contributed by atoms with Crippen molar-refractivity contribution in [3.8, 4) is 5.75 Å². The molecule has 0 aliphatic rings. The third-order valence-corrected chi connectivity index (χ3v) is 3.07. The molecule has 2 aromatic rings. The van der Waals surface area contributed by atoms with Crippen molar-refractivity contribution in [3.63, 3.8) is 0 Å². The number of aryl methyl sites for hydroxylation is 1. The number of fused-ring (bicyclic) bond motifs is 1. The topological polar surface area (TPSA) is 51.5 Å². The van der Waals surface area contributed by atoms with E-state index in [1.807, 2.05) is 16.7 Å². The highest BCUT2D eigenvalue weighted by atomic mass is 16.5. The first-order chi connectivity index (χ1) is 8.69. The third-order valence-electron chi connectivity index (χ3n) is 3.07. The highest BCUT2D eigenvalue weighted by molar-refractivity contribution is 6.06. The van der Waals surface area contributed by atoms with Gasteiger partial charge in [0.2, 0.25) is 0 Å². The van der Waals surface area contributed by atoms with Crippen LogP contribution in [0.25, 0.3) is 10.9 Å². The largest absolute Gasteiger partial charge is 0.496 e. The SMILES string of the molecule is CCCCn1cc(C(=O)O)c2c(OC)cccc21. The van der Waals surface area contributed by atoms with Crippen LogP contribution < -0.4 is 4.74 Å². The molecule has 1 N–H and O–H groups in total. The second kappa shape index (κ2) is 5.12. The lowest BCUT2D eigenvalue weighted by Gasteiger charge is -2.05. The number of nitrogens with zero attached hydrogens (tertiary/aromatic N) is 1. The zero-order valence-electron chi connectivity index (χ0n) is 10.6. The second-order valence-corrected chi connectivity index (χ2v) is 4.25. The summed E-state index contributed by atoms with van der Waals surface area (Å²) in [6.45, 7) is 2.94. The van der Waals surface area contributed by atoms with Crippen LogP contribution in [-0.2, 0) is 6.54 Å². The number of methoxy groups -OCH3 is 1. The molecular formula is C14H17NO3. The van der Waals surface area contributed by atoms with E-state index >= 15 is 0 Å². The van der Waals surface area contributed by atoms with Gasteiger partial charge >= 0.3 is 5.97 Å². The van der Waals surface area contributed by atoms with Gasteiger partial charge in [0.15, 0.2) is 0 Å². The van der Waals surface area contributed by atoms with Crippen LogP contribution in [0.4, 0.5) is 0 Å². The fourth-order valence-electron chi connectivity index (χ4n) is 2.17. The third kappa shape index (κ3) is 2.06. The maximum absolute atomic E-state index is 11.3. The molecule has 0 saturated heterocycles. The Bertz CT molecular complexity index is 572. The Kier molecular flexibility index (Phi) is 3.55. The molecule has 96 valence electrons. The molecule has 4 nitrogen and oxygen atoms in total. The number of carbonyl (C=O) groups is 1. The molecule has 1 aromatic carbocycles. The summed E-state index contributed by atoms with van der Waals surface area (Å²) in [5.41, 5.74) is 1.22. The molecule has 0 saturated carbocycles. The lowest BCUT2D eigenvalue weighted by atomic mass is 10.1. The summed E-state index contributed by atoms with van der Waals surface area (Å²) in [6.07, 6.45) is 3.80. The minimum atomic E-state index is -0.917.